The third-order valence-corrected chi connectivity index (χ3v) is 5.42. The van der Waals surface area contributed by atoms with Gasteiger partial charge in [-0.05, 0) is 40.8 Å². The van der Waals surface area contributed by atoms with E-state index in [1.165, 1.54) is 0 Å². The Morgan fingerprint density at radius 3 is 2.54 bits per heavy atom. The number of nitrogens with zero attached hydrogens (tertiary/aromatic N) is 5. The van der Waals surface area contributed by atoms with E-state index in [-0.39, 0.29) is 11.3 Å². The van der Waals surface area contributed by atoms with Gasteiger partial charge in [0.15, 0.2) is 0 Å². The standard InChI is InChI=1S/C18H25N7O/c1-17(2)12-19-15(26)18(20-13-17)8-10-24(11-9-18)16-21-22-23-25(16)14-6-4-3-5-7-14/h3-7,20H,8-13H2,1-2H3,(H,19,26). The van der Waals surface area contributed by atoms with E-state index in [1.54, 1.807) is 4.68 Å². The number of piperidine rings is 1. The number of carbonyl (C=O) groups is 1. The van der Waals surface area contributed by atoms with Gasteiger partial charge in [-0.2, -0.15) is 4.68 Å². The van der Waals surface area contributed by atoms with Crippen molar-refractivity contribution in [3.05, 3.63) is 30.3 Å². The maximum Gasteiger partial charge on any atom is 0.250 e. The Hall–Kier alpha value is -2.48. The molecule has 138 valence electrons. The van der Waals surface area contributed by atoms with Gasteiger partial charge in [0.2, 0.25) is 11.9 Å². The number of hydrogen-bond donors (Lipinski definition) is 2. The first kappa shape index (κ1) is 17.0. The van der Waals surface area contributed by atoms with E-state index in [4.69, 9.17) is 0 Å². The molecular weight excluding hydrogens is 330 g/mol. The SMILES string of the molecule is CC1(C)CNC(=O)C2(CCN(c3nnnn3-c3ccccc3)CC2)NC1. The Labute approximate surface area is 152 Å². The molecule has 1 aromatic carbocycles. The van der Waals surface area contributed by atoms with Crippen LogP contribution < -0.4 is 15.5 Å². The number of aromatic nitrogens is 4. The summed E-state index contributed by atoms with van der Waals surface area (Å²) < 4.78 is 1.75. The van der Waals surface area contributed by atoms with Crippen LogP contribution in [0.2, 0.25) is 0 Å². The Kier molecular flexibility index (Phi) is 4.14. The van der Waals surface area contributed by atoms with Crippen molar-refractivity contribution in [2.75, 3.05) is 31.1 Å². The van der Waals surface area contributed by atoms with Crippen molar-refractivity contribution < 1.29 is 4.79 Å². The fourth-order valence-electron chi connectivity index (χ4n) is 3.65. The van der Waals surface area contributed by atoms with E-state index in [0.29, 0.717) is 6.54 Å². The van der Waals surface area contributed by atoms with Crippen LogP contribution in [0.3, 0.4) is 0 Å². The van der Waals surface area contributed by atoms with Crippen molar-refractivity contribution in [1.82, 2.24) is 30.8 Å². The minimum atomic E-state index is -0.491. The summed E-state index contributed by atoms with van der Waals surface area (Å²) in [6.07, 6.45) is 1.47. The summed E-state index contributed by atoms with van der Waals surface area (Å²) in [6, 6.07) is 9.86. The highest BCUT2D eigenvalue weighted by atomic mass is 16.2. The first-order valence-electron chi connectivity index (χ1n) is 9.11. The number of nitrogens with one attached hydrogen (secondary N) is 2. The summed E-state index contributed by atoms with van der Waals surface area (Å²) >= 11 is 0. The molecule has 2 aromatic rings. The summed E-state index contributed by atoms with van der Waals surface area (Å²) in [5.74, 6) is 0.839. The number of amides is 1. The molecule has 2 aliphatic rings. The molecule has 2 aliphatic heterocycles. The zero-order chi connectivity index (χ0) is 18.2. The van der Waals surface area contributed by atoms with Crippen LogP contribution in [0.15, 0.2) is 30.3 Å². The van der Waals surface area contributed by atoms with Crippen LogP contribution in [0.5, 0.6) is 0 Å². The van der Waals surface area contributed by atoms with Gasteiger partial charge in [-0.25, -0.2) is 0 Å². The van der Waals surface area contributed by atoms with Crippen LogP contribution in [-0.2, 0) is 4.79 Å². The minimum absolute atomic E-state index is 0.0632. The lowest BCUT2D eigenvalue weighted by Crippen LogP contribution is -2.61. The van der Waals surface area contributed by atoms with Crippen LogP contribution in [0, 0.1) is 5.41 Å². The Morgan fingerprint density at radius 2 is 1.81 bits per heavy atom. The molecule has 0 bridgehead atoms. The molecule has 2 saturated heterocycles. The molecule has 1 amide bonds. The molecule has 1 aromatic heterocycles. The molecule has 0 unspecified atom stereocenters. The van der Waals surface area contributed by atoms with E-state index in [9.17, 15) is 4.79 Å². The minimum Gasteiger partial charge on any atom is -0.354 e. The number of hydrogen-bond acceptors (Lipinski definition) is 6. The fraction of sp³-hybridized carbons (Fsp3) is 0.556. The van der Waals surface area contributed by atoms with E-state index >= 15 is 0 Å². The highest BCUT2D eigenvalue weighted by Gasteiger charge is 2.44. The molecule has 26 heavy (non-hydrogen) atoms. The number of para-hydroxylation sites is 1. The quantitative estimate of drug-likeness (QED) is 0.826. The van der Waals surface area contributed by atoms with Gasteiger partial charge in [0, 0.05) is 26.2 Å². The number of benzene rings is 1. The third-order valence-electron chi connectivity index (χ3n) is 5.42. The number of carbonyl (C=O) groups excluding carboxylic acids is 1. The molecule has 1 spiro atoms. The molecule has 8 heteroatoms. The van der Waals surface area contributed by atoms with Crippen LogP contribution in [0.25, 0.3) is 5.69 Å². The topological polar surface area (TPSA) is 88.0 Å². The predicted octanol–water partition coefficient (Wildman–Crippen LogP) is 0.747. The van der Waals surface area contributed by atoms with Crippen molar-refractivity contribution in [2.45, 2.75) is 32.2 Å². The van der Waals surface area contributed by atoms with Gasteiger partial charge in [-0.15, -0.1) is 0 Å². The average molecular weight is 355 g/mol. The van der Waals surface area contributed by atoms with Gasteiger partial charge in [0.05, 0.1) is 5.69 Å². The van der Waals surface area contributed by atoms with E-state index in [0.717, 1.165) is 44.1 Å². The summed E-state index contributed by atoms with van der Waals surface area (Å²) in [6.45, 7) is 7.33. The zero-order valence-electron chi connectivity index (χ0n) is 15.3. The molecule has 2 N–H and O–H groups in total. The molecule has 0 atom stereocenters. The maximum atomic E-state index is 12.7. The van der Waals surface area contributed by atoms with Crippen molar-refractivity contribution in [2.24, 2.45) is 5.41 Å². The second-order valence-electron chi connectivity index (χ2n) is 8.00. The summed E-state index contributed by atoms with van der Waals surface area (Å²) in [5.41, 5.74) is 0.503. The summed E-state index contributed by atoms with van der Waals surface area (Å²) in [7, 11) is 0. The highest BCUT2D eigenvalue weighted by molar-refractivity contribution is 5.87. The van der Waals surface area contributed by atoms with Crippen LogP contribution in [0.4, 0.5) is 5.95 Å². The van der Waals surface area contributed by atoms with Gasteiger partial charge in [0.1, 0.15) is 5.54 Å². The highest BCUT2D eigenvalue weighted by Crippen LogP contribution is 2.29. The van der Waals surface area contributed by atoms with Crippen LogP contribution >= 0.6 is 0 Å². The lowest BCUT2D eigenvalue weighted by molar-refractivity contribution is -0.127. The number of anilines is 1. The normalized spacial score (nSPS) is 22.1. The molecule has 3 heterocycles. The van der Waals surface area contributed by atoms with Gasteiger partial charge in [0.25, 0.3) is 0 Å². The lowest BCUT2D eigenvalue weighted by atomic mass is 9.86. The molecule has 8 nitrogen and oxygen atoms in total. The molecule has 0 radical (unpaired) electrons. The summed E-state index contributed by atoms with van der Waals surface area (Å²) in [4.78, 5) is 14.9. The van der Waals surface area contributed by atoms with Crippen LogP contribution in [-0.4, -0.2) is 57.8 Å². The van der Waals surface area contributed by atoms with Gasteiger partial charge in [-0.1, -0.05) is 37.1 Å². The average Bonchev–Trinajstić information content (AvgIpc) is 3.12. The molecule has 0 aliphatic carbocycles. The Morgan fingerprint density at radius 1 is 1.08 bits per heavy atom. The smallest absolute Gasteiger partial charge is 0.250 e. The Balaban J connectivity index is 1.51. The van der Waals surface area contributed by atoms with Crippen molar-refractivity contribution in [3.63, 3.8) is 0 Å². The predicted molar refractivity (Wildman–Crippen MR) is 98.1 cm³/mol. The zero-order valence-corrected chi connectivity index (χ0v) is 15.3. The fourth-order valence-corrected chi connectivity index (χ4v) is 3.65. The molecule has 4 rings (SSSR count). The van der Waals surface area contributed by atoms with Gasteiger partial charge < -0.3 is 15.5 Å². The van der Waals surface area contributed by atoms with Crippen molar-refractivity contribution in [3.8, 4) is 5.69 Å². The number of rotatable bonds is 2. The summed E-state index contributed by atoms with van der Waals surface area (Å²) in [5, 5.41) is 18.9. The van der Waals surface area contributed by atoms with Crippen LogP contribution in [0.1, 0.15) is 26.7 Å². The maximum absolute atomic E-state index is 12.7. The monoisotopic (exact) mass is 355 g/mol. The first-order chi connectivity index (χ1) is 12.5. The largest absolute Gasteiger partial charge is 0.354 e. The first-order valence-corrected chi connectivity index (χ1v) is 9.11. The van der Waals surface area contributed by atoms with E-state index in [2.05, 4.69) is 44.9 Å². The lowest BCUT2D eigenvalue weighted by Gasteiger charge is -2.40. The van der Waals surface area contributed by atoms with Gasteiger partial charge >= 0.3 is 0 Å². The Bertz CT molecular complexity index is 778. The molecule has 2 fully saturated rings. The molecular formula is C18H25N7O. The molecule has 0 saturated carbocycles. The van der Waals surface area contributed by atoms with E-state index < -0.39 is 5.54 Å². The second kappa shape index (κ2) is 6.35. The van der Waals surface area contributed by atoms with E-state index in [1.807, 2.05) is 30.3 Å². The van der Waals surface area contributed by atoms with Gasteiger partial charge in [-0.3, -0.25) is 4.79 Å². The third kappa shape index (κ3) is 3.05. The second-order valence-corrected chi connectivity index (χ2v) is 8.00. The van der Waals surface area contributed by atoms with Crippen molar-refractivity contribution >= 4 is 11.9 Å². The van der Waals surface area contributed by atoms with Crippen molar-refractivity contribution in [1.29, 1.82) is 0 Å². The number of tetrazole rings is 1.